The standard InChI is InChI=1S/C37H48N4O5.C2H4O2/c1-25(2)34(41-20-12-19-38-37(41)45)36(44)39-30(21-28-15-7-5-8-16-28)23-32(42)31(22-29-17-9-6-10-18-29)40-33(43)24-46-35-26(3)13-11-14-27(35)4;1-2(3)4/h5-11,13-18,25,30-32,34,42H,12,19-24H2,1-4H3,(H,38,45)(H,39,44)(H,40,43);1H3,(H,3,4)/t30-,31-,32-,34-;/m0./s1. The van der Waals surface area contributed by atoms with Gasteiger partial charge in [-0.15, -0.1) is 0 Å². The summed E-state index contributed by atoms with van der Waals surface area (Å²) >= 11 is 0. The first-order chi connectivity index (χ1) is 23.8. The molecule has 4 amide bonds. The van der Waals surface area contributed by atoms with Gasteiger partial charge in [-0.05, 0) is 67.7 Å². The van der Waals surface area contributed by atoms with E-state index in [1.165, 1.54) is 0 Å². The van der Waals surface area contributed by atoms with Crippen molar-refractivity contribution in [2.24, 2.45) is 5.92 Å². The van der Waals surface area contributed by atoms with Gasteiger partial charge < -0.3 is 35.8 Å². The van der Waals surface area contributed by atoms with Crippen LogP contribution in [0.25, 0.3) is 0 Å². The number of carbonyl (C=O) groups is 4. The van der Waals surface area contributed by atoms with Crippen LogP contribution in [0, 0.1) is 19.8 Å². The van der Waals surface area contributed by atoms with Gasteiger partial charge in [0.25, 0.3) is 11.9 Å². The lowest BCUT2D eigenvalue weighted by Gasteiger charge is -2.37. The normalized spacial score (nSPS) is 15.0. The molecule has 1 heterocycles. The number of amides is 4. The van der Waals surface area contributed by atoms with Gasteiger partial charge in [0.05, 0.1) is 12.1 Å². The summed E-state index contributed by atoms with van der Waals surface area (Å²) in [4.78, 5) is 50.3. The lowest BCUT2D eigenvalue weighted by atomic mass is 9.92. The molecule has 0 radical (unpaired) electrons. The number of hydrogen-bond acceptors (Lipinski definition) is 6. The van der Waals surface area contributed by atoms with Crippen LogP contribution in [0.2, 0.25) is 0 Å². The summed E-state index contributed by atoms with van der Waals surface area (Å²) < 4.78 is 5.90. The van der Waals surface area contributed by atoms with E-state index in [1.807, 2.05) is 107 Å². The average Bonchev–Trinajstić information content (AvgIpc) is 3.06. The Labute approximate surface area is 295 Å². The fourth-order valence-corrected chi connectivity index (χ4v) is 6.12. The van der Waals surface area contributed by atoms with Gasteiger partial charge in [-0.2, -0.15) is 0 Å². The number of aliphatic carboxylic acids is 1. The molecule has 4 rings (SSSR count). The van der Waals surface area contributed by atoms with E-state index in [0.717, 1.165) is 35.6 Å². The number of carbonyl (C=O) groups excluding carboxylic acids is 3. The van der Waals surface area contributed by atoms with Crippen molar-refractivity contribution in [3.8, 4) is 5.75 Å². The van der Waals surface area contributed by atoms with Gasteiger partial charge in [0.2, 0.25) is 5.91 Å². The van der Waals surface area contributed by atoms with Crippen LogP contribution >= 0.6 is 0 Å². The lowest BCUT2D eigenvalue weighted by Crippen LogP contribution is -2.59. The molecule has 1 aliphatic rings. The summed E-state index contributed by atoms with van der Waals surface area (Å²) in [5.74, 6) is -0.883. The quantitative estimate of drug-likeness (QED) is 0.158. The molecule has 0 bridgehead atoms. The number of aliphatic hydroxyl groups is 1. The van der Waals surface area contributed by atoms with Crippen molar-refractivity contribution in [2.45, 2.75) is 84.5 Å². The molecule has 4 atom stereocenters. The first-order valence-electron chi connectivity index (χ1n) is 17.1. The minimum atomic E-state index is -0.992. The molecule has 5 N–H and O–H groups in total. The number of benzene rings is 3. The summed E-state index contributed by atoms with van der Waals surface area (Å²) in [5.41, 5.74) is 3.84. The molecular weight excluding hydrogens is 636 g/mol. The van der Waals surface area contributed by atoms with E-state index < -0.39 is 30.2 Å². The van der Waals surface area contributed by atoms with Gasteiger partial charge in [0, 0.05) is 26.1 Å². The topological polar surface area (TPSA) is 157 Å². The van der Waals surface area contributed by atoms with E-state index in [9.17, 15) is 19.5 Å². The smallest absolute Gasteiger partial charge is 0.318 e. The summed E-state index contributed by atoms with van der Waals surface area (Å²) in [5, 5.41) is 28.2. The van der Waals surface area contributed by atoms with Crippen LogP contribution in [0.5, 0.6) is 5.75 Å². The van der Waals surface area contributed by atoms with Crippen LogP contribution in [0.1, 0.15) is 55.9 Å². The maximum Gasteiger partial charge on any atom is 0.318 e. The number of carboxylic acids is 1. The van der Waals surface area contributed by atoms with Crippen molar-refractivity contribution in [3.05, 3.63) is 101 Å². The zero-order valence-corrected chi connectivity index (χ0v) is 29.7. The SMILES string of the molecule is CC(=O)O.Cc1cccc(C)c1OCC(=O)N[C@@H](Cc1ccccc1)[C@@H](O)C[C@H](Cc1ccccc1)NC(=O)[C@H](C(C)C)N1CCCNC1=O. The van der Waals surface area contributed by atoms with E-state index in [4.69, 9.17) is 14.6 Å². The average molecular weight is 689 g/mol. The minimum absolute atomic E-state index is 0.117. The molecule has 3 aromatic rings. The second-order valence-electron chi connectivity index (χ2n) is 13.1. The number of hydrogen-bond donors (Lipinski definition) is 5. The number of ether oxygens (including phenoxy) is 1. The zero-order valence-electron chi connectivity index (χ0n) is 29.7. The molecule has 1 aliphatic heterocycles. The molecule has 0 spiro atoms. The first-order valence-corrected chi connectivity index (χ1v) is 17.1. The Balaban J connectivity index is 0.00000160. The highest BCUT2D eigenvalue weighted by Crippen LogP contribution is 2.22. The molecule has 1 fully saturated rings. The number of carboxylic acid groups (broad SMARTS) is 1. The van der Waals surface area contributed by atoms with Crippen LogP contribution in [0.3, 0.4) is 0 Å². The van der Waals surface area contributed by atoms with Crippen molar-refractivity contribution >= 4 is 23.8 Å². The molecule has 0 aromatic heterocycles. The second-order valence-corrected chi connectivity index (χ2v) is 13.1. The fraction of sp³-hybridized carbons (Fsp3) is 0.436. The highest BCUT2D eigenvalue weighted by Gasteiger charge is 2.35. The summed E-state index contributed by atoms with van der Waals surface area (Å²) in [6.45, 7) is 9.72. The van der Waals surface area contributed by atoms with Gasteiger partial charge in [0.1, 0.15) is 11.8 Å². The number of nitrogens with one attached hydrogen (secondary N) is 3. The summed E-state index contributed by atoms with van der Waals surface area (Å²) in [7, 11) is 0. The second kappa shape index (κ2) is 19.9. The maximum atomic E-state index is 13.8. The Hall–Kier alpha value is -4.90. The van der Waals surface area contributed by atoms with Gasteiger partial charge >= 0.3 is 6.03 Å². The van der Waals surface area contributed by atoms with Crippen molar-refractivity contribution in [3.63, 3.8) is 0 Å². The Kier molecular flexibility index (Phi) is 15.8. The molecule has 0 unspecified atom stereocenters. The van der Waals surface area contributed by atoms with E-state index in [0.29, 0.717) is 31.7 Å². The highest BCUT2D eigenvalue weighted by molar-refractivity contribution is 5.87. The number of rotatable bonds is 15. The maximum absolute atomic E-state index is 13.8. The molecular formula is C39H52N4O7. The van der Waals surface area contributed by atoms with E-state index in [2.05, 4.69) is 16.0 Å². The number of nitrogens with zero attached hydrogens (tertiary/aromatic N) is 1. The van der Waals surface area contributed by atoms with E-state index in [-0.39, 0.29) is 36.8 Å². The highest BCUT2D eigenvalue weighted by atomic mass is 16.5. The van der Waals surface area contributed by atoms with E-state index in [1.54, 1.807) is 4.90 Å². The van der Waals surface area contributed by atoms with Crippen LogP contribution < -0.4 is 20.7 Å². The predicted octanol–water partition coefficient (Wildman–Crippen LogP) is 4.42. The van der Waals surface area contributed by atoms with Gasteiger partial charge in [-0.25, -0.2) is 4.79 Å². The van der Waals surface area contributed by atoms with Crippen molar-refractivity contribution in [2.75, 3.05) is 19.7 Å². The third-order valence-electron chi connectivity index (χ3n) is 8.41. The number of aryl methyl sites for hydroxylation is 2. The number of urea groups is 1. The molecule has 3 aromatic carbocycles. The van der Waals surface area contributed by atoms with Gasteiger partial charge in [-0.3, -0.25) is 14.4 Å². The van der Waals surface area contributed by atoms with Crippen LogP contribution in [0.4, 0.5) is 4.79 Å². The Bertz CT molecular complexity index is 1510. The largest absolute Gasteiger partial charge is 0.483 e. The van der Waals surface area contributed by atoms with Gasteiger partial charge in [0.15, 0.2) is 6.61 Å². The molecule has 0 aliphatic carbocycles. The van der Waals surface area contributed by atoms with Crippen LogP contribution in [-0.2, 0) is 27.2 Å². The number of aliphatic hydroxyl groups excluding tert-OH is 1. The Morgan fingerprint density at radius 2 is 1.44 bits per heavy atom. The fourth-order valence-electron chi connectivity index (χ4n) is 6.12. The molecule has 0 saturated carbocycles. The van der Waals surface area contributed by atoms with Crippen LogP contribution in [-0.4, -0.2) is 82.9 Å². The van der Waals surface area contributed by atoms with Crippen LogP contribution in [0.15, 0.2) is 78.9 Å². The Morgan fingerprint density at radius 1 is 0.880 bits per heavy atom. The Morgan fingerprint density at radius 3 is 1.98 bits per heavy atom. The summed E-state index contributed by atoms with van der Waals surface area (Å²) in [6.07, 6.45) is 0.831. The van der Waals surface area contributed by atoms with Crippen molar-refractivity contribution in [1.29, 1.82) is 0 Å². The molecule has 270 valence electrons. The third-order valence-corrected chi connectivity index (χ3v) is 8.41. The van der Waals surface area contributed by atoms with Gasteiger partial charge in [-0.1, -0.05) is 92.7 Å². The lowest BCUT2D eigenvalue weighted by molar-refractivity contribution is -0.134. The molecule has 1 saturated heterocycles. The van der Waals surface area contributed by atoms with Crippen molar-refractivity contribution in [1.82, 2.24) is 20.9 Å². The minimum Gasteiger partial charge on any atom is -0.483 e. The monoisotopic (exact) mass is 688 g/mol. The van der Waals surface area contributed by atoms with Crippen molar-refractivity contribution < 1.29 is 34.1 Å². The summed E-state index contributed by atoms with van der Waals surface area (Å²) in [6, 6.07) is 23.3. The number of para-hydroxylation sites is 1. The first kappa shape index (κ1) is 39.5. The predicted molar refractivity (Wildman–Crippen MR) is 193 cm³/mol. The molecule has 11 nitrogen and oxygen atoms in total. The zero-order chi connectivity index (χ0) is 36.6. The molecule has 50 heavy (non-hydrogen) atoms. The molecule has 11 heteroatoms. The van der Waals surface area contributed by atoms with E-state index >= 15 is 0 Å². The third kappa shape index (κ3) is 12.9.